The second-order valence-corrected chi connectivity index (χ2v) is 4.34. The summed E-state index contributed by atoms with van der Waals surface area (Å²) in [4.78, 5) is 15.2. The van der Waals surface area contributed by atoms with Crippen molar-refractivity contribution in [1.29, 1.82) is 0 Å². The molecule has 4 nitrogen and oxygen atoms in total. The number of nitrogens with zero attached hydrogens (tertiary/aromatic N) is 2. The molecular formula is C15H12N2O2. The molecule has 0 saturated carbocycles. The molecule has 19 heavy (non-hydrogen) atoms. The van der Waals surface area contributed by atoms with Crippen LogP contribution in [0, 0.1) is 0 Å². The highest BCUT2D eigenvalue weighted by Gasteiger charge is 2.07. The number of fused-ring (bicyclic) bond motifs is 1. The number of carboxylic acid groups (broad SMARTS) is 1. The fourth-order valence-corrected chi connectivity index (χ4v) is 2.14. The minimum atomic E-state index is -0.903. The van der Waals surface area contributed by atoms with Gasteiger partial charge in [-0.15, -0.1) is 0 Å². The van der Waals surface area contributed by atoms with E-state index in [1.54, 1.807) is 18.3 Å². The summed E-state index contributed by atoms with van der Waals surface area (Å²) in [6.07, 6.45) is 3.72. The van der Waals surface area contributed by atoms with E-state index in [2.05, 4.69) is 9.55 Å². The first kappa shape index (κ1) is 11.5. The van der Waals surface area contributed by atoms with Gasteiger partial charge in [-0.3, -0.25) is 4.98 Å². The number of rotatable bonds is 3. The van der Waals surface area contributed by atoms with Crippen molar-refractivity contribution >= 4 is 16.9 Å². The summed E-state index contributed by atoms with van der Waals surface area (Å²) in [5.41, 5.74) is 2.29. The van der Waals surface area contributed by atoms with Gasteiger partial charge in [-0.2, -0.15) is 0 Å². The Labute approximate surface area is 109 Å². The van der Waals surface area contributed by atoms with Crippen LogP contribution in [-0.2, 0) is 6.54 Å². The zero-order valence-corrected chi connectivity index (χ0v) is 10.2. The Morgan fingerprint density at radius 3 is 2.84 bits per heavy atom. The van der Waals surface area contributed by atoms with E-state index >= 15 is 0 Å². The SMILES string of the molecule is O=C(O)c1ccc2c(ccn2Cc2ccccn2)c1. The molecule has 0 spiro atoms. The van der Waals surface area contributed by atoms with E-state index < -0.39 is 5.97 Å². The summed E-state index contributed by atoms with van der Waals surface area (Å²) in [6.45, 7) is 0.677. The number of pyridine rings is 1. The molecule has 0 unspecified atom stereocenters. The van der Waals surface area contributed by atoms with Crippen LogP contribution in [0.5, 0.6) is 0 Å². The zero-order chi connectivity index (χ0) is 13.2. The molecule has 3 aromatic rings. The van der Waals surface area contributed by atoms with E-state index in [1.807, 2.05) is 36.5 Å². The normalized spacial score (nSPS) is 10.7. The molecule has 0 saturated heterocycles. The molecule has 2 aromatic heterocycles. The topological polar surface area (TPSA) is 55.1 Å². The third-order valence-corrected chi connectivity index (χ3v) is 3.08. The second-order valence-electron chi connectivity index (χ2n) is 4.34. The number of hydrogen-bond acceptors (Lipinski definition) is 2. The third-order valence-electron chi connectivity index (χ3n) is 3.08. The van der Waals surface area contributed by atoms with Crippen molar-refractivity contribution in [2.75, 3.05) is 0 Å². The lowest BCUT2D eigenvalue weighted by molar-refractivity contribution is 0.0697. The summed E-state index contributed by atoms with van der Waals surface area (Å²) in [5, 5.41) is 9.90. The Balaban J connectivity index is 1.99. The van der Waals surface area contributed by atoms with Crippen LogP contribution in [0.15, 0.2) is 54.9 Å². The quantitative estimate of drug-likeness (QED) is 0.779. The highest BCUT2D eigenvalue weighted by molar-refractivity contribution is 5.93. The Morgan fingerprint density at radius 2 is 2.11 bits per heavy atom. The molecule has 1 aromatic carbocycles. The molecule has 0 amide bonds. The van der Waals surface area contributed by atoms with E-state index in [1.165, 1.54) is 0 Å². The predicted octanol–water partition coefficient (Wildman–Crippen LogP) is 2.78. The number of carbonyl (C=O) groups is 1. The monoisotopic (exact) mass is 252 g/mol. The van der Waals surface area contributed by atoms with Crippen molar-refractivity contribution in [1.82, 2.24) is 9.55 Å². The van der Waals surface area contributed by atoms with Gasteiger partial charge >= 0.3 is 5.97 Å². The van der Waals surface area contributed by atoms with E-state index in [4.69, 9.17) is 5.11 Å². The summed E-state index contributed by atoms with van der Waals surface area (Å²) < 4.78 is 2.06. The largest absolute Gasteiger partial charge is 0.478 e. The van der Waals surface area contributed by atoms with Crippen LogP contribution in [0.2, 0.25) is 0 Å². The van der Waals surface area contributed by atoms with Gasteiger partial charge in [0.15, 0.2) is 0 Å². The van der Waals surface area contributed by atoms with Gasteiger partial charge in [-0.1, -0.05) is 6.07 Å². The fraction of sp³-hybridized carbons (Fsp3) is 0.0667. The Bertz CT molecular complexity index is 732. The maximum absolute atomic E-state index is 10.9. The molecule has 0 atom stereocenters. The lowest BCUT2D eigenvalue weighted by Gasteiger charge is -2.05. The summed E-state index contributed by atoms with van der Waals surface area (Å²) in [6, 6.07) is 12.9. The Hall–Kier alpha value is -2.62. The van der Waals surface area contributed by atoms with Gasteiger partial charge in [0.2, 0.25) is 0 Å². The van der Waals surface area contributed by atoms with Crippen LogP contribution in [0.3, 0.4) is 0 Å². The molecule has 0 aliphatic rings. The van der Waals surface area contributed by atoms with Crippen LogP contribution in [0.25, 0.3) is 10.9 Å². The van der Waals surface area contributed by atoms with Gasteiger partial charge in [0.25, 0.3) is 0 Å². The molecule has 2 heterocycles. The van der Waals surface area contributed by atoms with Crippen LogP contribution in [0.1, 0.15) is 16.1 Å². The smallest absolute Gasteiger partial charge is 0.335 e. The minimum absolute atomic E-state index is 0.308. The van der Waals surface area contributed by atoms with Gasteiger partial charge in [-0.25, -0.2) is 4.79 Å². The first-order chi connectivity index (χ1) is 9.24. The van der Waals surface area contributed by atoms with Crippen molar-refractivity contribution in [3.05, 3.63) is 66.1 Å². The van der Waals surface area contributed by atoms with Gasteiger partial charge in [0.05, 0.1) is 17.8 Å². The average molecular weight is 252 g/mol. The van der Waals surface area contributed by atoms with Crippen LogP contribution in [-0.4, -0.2) is 20.6 Å². The first-order valence-electron chi connectivity index (χ1n) is 5.96. The van der Waals surface area contributed by atoms with E-state index in [9.17, 15) is 4.79 Å². The third kappa shape index (κ3) is 2.20. The van der Waals surface area contributed by atoms with Crippen LogP contribution in [0.4, 0.5) is 0 Å². The maximum Gasteiger partial charge on any atom is 0.335 e. The van der Waals surface area contributed by atoms with E-state index in [-0.39, 0.29) is 0 Å². The predicted molar refractivity (Wildman–Crippen MR) is 72.2 cm³/mol. The molecule has 0 aliphatic heterocycles. The van der Waals surface area contributed by atoms with Gasteiger partial charge in [0.1, 0.15) is 0 Å². The van der Waals surface area contributed by atoms with Crippen molar-refractivity contribution in [3.8, 4) is 0 Å². The highest BCUT2D eigenvalue weighted by atomic mass is 16.4. The molecule has 1 N–H and O–H groups in total. The van der Waals surface area contributed by atoms with Gasteiger partial charge in [-0.05, 0) is 36.4 Å². The number of hydrogen-bond donors (Lipinski definition) is 1. The van der Waals surface area contributed by atoms with Crippen LogP contribution >= 0.6 is 0 Å². The number of aromatic carboxylic acids is 1. The van der Waals surface area contributed by atoms with E-state index in [0.29, 0.717) is 12.1 Å². The second kappa shape index (κ2) is 4.57. The molecule has 0 aliphatic carbocycles. The van der Waals surface area contributed by atoms with Gasteiger partial charge < -0.3 is 9.67 Å². The number of carboxylic acids is 1. The summed E-state index contributed by atoms with van der Waals surface area (Å²) in [5.74, 6) is -0.903. The van der Waals surface area contributed by atoms with Crippen molar-refractivity contribution in [3.63, 3.8) is 0 Å². The molecule has 0 fully saturated rings. The molecule has 0 bridgehead atoms. The van der Waals surface area contributed by atoms with Crippen molar-refractivity contribution < 1.29 is 9.90 Å². The molecule has 3 rings (SSSR count). The Kier molecular flexibility index (Phi) is 2.76. The van der Waals surface area contributed by atoms with Gasteiger partial charge in [0, 0.05) is 23.3 Å². The average Bonchev–Trinajstić information content (AvgIpc) is 2.82. The molecule has 94 valence electrons. The first-order valence-corrected chi connectivity index (χ1v) is 5.96. The fourth-order valence-electron chi connectivity index (χ4n) is 2.14. The zero-order valence-electron chi connectivity index (χ0n) is 10.2. The van der Waals surface area contributed by atoms with Crippen molar-refractivity contribution in [2.24, 2.45) is 0 Å². The number of benzene rings is 1. The molecule has 0 radical (unpaired) electrons. The summed E-state index contributed by atoms with van der Waals surface area (Å²) in [7, 11) is 0. The molecule has 4 heteroatoms. The minimum Gasteiger partial charge on any atom is -0.478 e. The number of aromatic nitrogens is 2. The highest BCUT2D eigenvalue weighted by Crippen LogP contribution is 2.18. The summed E-state index contributed by atoms with van der Waals surface area (Å²) >= 11 is 0. The lowest BCUT2D eigenvalue weighted by atomic mass is 10.1. The standard InChI is InChI=1S/C15H12N2O2/c18-15(19)12-4-5-14-11(9-12)6-8-17(14)10-13-3-1-2-7-16-13/h1-9H,10H2,(H,18,19). The maximum atomic E-state index is 10.9. The van der Waals surface area contributed by atoms with Crippen LogP contribution < -0.4 is 0 Å². The van der Waals surface area contributed by atoms with Crippen molar-refractivity contribution in [2.45, 2.75) is 6.54 Å². The Morgan fingerprint density at radius 1 is 1.21 bits per heavy atom. The lowest BCUT2D eigenvalue weighted by Crippen LogP contribution is -2.00. The van der Waals surface area contributed by atoms with E-state index in [0.717, 1.165) is 16.6 Å². The molecular weight excluding hydrogens is 240 g/mol.